The number of hydrogen-bond acceptors (Lipinski definition) is 4. The lowest BCUT2D eigenvalue weighted by Crippen LogP contribution is -2.34. The normalized spacial score (nSPS) is 14.2. The molecular formula is C32H26N4O3. The second-order valence-corrected chi connectivity index (χ2v) is 9.48. The number of amides is 2. The van der Waals surface area contributed by atoms with Crippen LogP contribution in [0.25, 0.3) is 22.4 Å². The van der Waals surface area contributed by atoms with E-state index in [4.69, 9.17) is 0 Å². The molecule has 1 aliphatic rings. The lowest BCUT2D eigenvalue weighted by molar-refractivity contribution is 0.0962. The molecule has 7 heteroatoms. The molecule has 2 amide bonds. The van der Waals surface area contributed by atoms with Gasteiger partial charge in [0.05, 0.1) is 23.6 Å². The summed E-state index contributed by atoms with van der Waals surface area (Å²) in [6.45, 7) is 1.92. The molecule has 1 aromatic heterocycles. The quantitative estimate of drug-likeness (QED) is 0.274. The fourth-order valence-electron chi connectivity index (χ4n) is 5.02. The van der Waals surface area contributed by atoms with Gasteiger partial charge in [-0.25, -0.2) is 4.98 Å². The summed E-state index contributed by atoms with van der Waals surface area (Å²) in [5, 5.41) is 13.9. The molecule has 1 unspecified atom stereocenters. The van der Waals surface area contributed by atoms with E-state index < -0.39 is 6.10 Å². The lowest BCUT2D eigenvalue weighted by atomic mass is 9.99. The van der Waals surface area contributed by atoms with Crippen LogP contribution >= 0.6 is 0 Å². The van der Waals surface area contributed by atoms with Crippen LogP contribution in [0.5, 0.6) is 0 Å². The summed E-state index contributed by atoms with van der Waals surface area (Å²) in [4.78, 5) is 36.1. The number of fused-ring (bicyclic) bond motifs is 3. The number of aromatic nitrogens is 2. The fourth-order valence-corrected chi connectivity index (χ4v) is 5.02. The second kappa shape index (κ2) is 10.0. The number of aromatic amines is 1. The van der Waals surface area contributed by atoms with Crippen molar-refractivity contribution >= 4 is 23.2 Å². The Morgan fingerprint density at radius 1 is 0.872 bits per heavy atom. The minimum atomic E-state index is -0.916. The molecule has 1 aliphatic heterocycles. The number of anilines is 2. The van der Waals surface area contributed by atoms with Crippen molar-refractivity contribution in [2.45, 2.75) is 13.0 Å². The molecule has 0 bridgehead atoms. The van der Waals surface area contributed by atoms with E-state index >= 15 is 0 Å². The predicted molar refractivity (Wildman–Crippen MR) is 152 cm³/mol. The first-order valence-corrected chi connectivity index (χ1v) is 12.7. The highest BCUT2D eigenvalue weighted by Crippen LogP contribution is 2.39. The first kappa shape index (κ1) is 24.3. The third kappa shape index (κ3) is 4.60. The summed E-state index contributed by atoms with van der Waals surface area (Å²) in [7, 11) is 0. The van der Waals surface area contributed by atoms with Gasteiger partial charge in [-0.15, -0.1) is 0 Å². The van der Waals surface area contributed by atoms with E-state index in [0.29, 0.717) is 39.7 Å². The molecule has 0 radical (unpaired) electrons. The van der Waals surface area contributed by atoms with E-state index in [9.17, 15) is 14.7 Å². The summed E-state index contributed by atoms with van der Waals surface area (Å²) in [6.07, 6.45) is -0.916. The summed E-state index contributed by atoms with van der Waals surface area (Å²) in [5.41, 5.74) is 6.09. The fraction of sp³-hybridized carbons (Fsp3) is 0.0938. The number of nitrogens with one attached hydrogen (secondary N) is 2. The van der Waals surface area contributed by atoms with E-state index in [2.05, 4.69) is 15.3 Å². The van der Waals surface area contributed by atoms with E-state index in [1.165, 1.54) is 0 Å². The van der Waals surface area contributed by atoms with Crippen LogP contribution in [0.2, 0.25) is 0 Å². The van der Waals surface area contributed by atoms with E-state index in [0.717, 1.165) is 16.7 Å². The van der Waals surface area contributed by atoms with Gasteiger partial charge in [-0.1, -0.05) is 66.7 Å². The number of nitrogens with zero attached hydrogens (tertiary/aromatic N) is 2. The highest BCUT2D eigenvalue weighted by Gasteiger charge is 2.31. The maximum atomic E-state index is 13.7. The number of H-pyrrole nitrogens is 1. The average molecular weight is 515 g/mol. The zero-order valence-electron chi connectivity index (χ0n) is 21.3. The van der Waals surface area contributed by atoms with Gasteiger partial charge in [-0.05, 0) is 54.4 Å². The van der Waals surface area contributed by atoms with Gasteiger partial charge in [0.15, 0.2) is 0 Å². The average Bonchev–Trinajstić information content (AvgIpc) is 3.33. The summed E-state index contributed by atoms with van der Waals surface area (Å²) in [6, 6.07) is 31.5. The maximum absolute atomic E-state index is 13.7. The van der Waals surface area contributed by atoms with Crippen LogP contribution in [0, 0.1) is 6.92 Å². The van der Waals surface area contributed by atoms with Gasteiger partial charge >= 0.3 is 0 Å². The molecule has 6 rings (SSSR count). The van der Waals surface area contributed by atoms with Crippen molar-refractivity contribution in [3.63, 3.8) is 0 Å². The molecule has 192 valence electrons. The molecular weight excluding hydrogens is 488 g/mol. The molecule has 0 spiro atoms. The Labute approximate surface area is 225 Å². The molecule has 0 saturated carbocycles. The molecule has 0 aliphatic carbocycles. The first-order chi connectivity index (χ1) is 19.0. The minimum Gasteiger partial charge on any atom is -0.385 e. The van der Waals surface area contributed by atoms with Crippen molar-refractivity contribution in [3.8, 4) is 22.4 Å². The largest absolute Gasteiger partial charge is 0.385 e. The highest BCUT2D eigenvalue weighted by atomic mass is 16.3. The zero-order chi connectivity index (χ0) is 26.9. The van der Waals surface area contributed by atoms with Crippen LogP contribution in [-0.4, -0.2) is 33.4 Å². The Morgan fingerprint density at radius 2 is 1.54 bits per heavy atom. The Balaban J connectivity index is 1.25. The van der Waals surface area contributed by atoms with Gasteiger partial charge < -0.3 is 20.3 Å². The molecule has 4 aromatic carbocycles. The molecule has 1 atom stereocenters. The molecule has 5 aromatic rings. The maximum Gasteiger partial charge on any atom is 0.258 e. The van der Waals surface area contributed by atoms with Crippen LogP contribution in [0.3, 0.4) is 0 Å². The van der Waals surface area contributed by atoms with Crippen LogP contribution in [0.1, 0.15) is 38.3 Å². The number of benzene rings is 4. The third-order valence-electron chi connectivity index (χ3n) is 6.88. The van der Waals surface area contributed by atoms with E-state index in [1.54, 1.807) is 35.2 Å². The van der Waals surface area contributed by atoms with Gasteiger partial charge in [0.1, 0.15) is 11.9 Å². The van der Waals surface area contributed by atoms with Crippen molar-refractivity contribution in [2.24, 2.45) is 0 Å². The topological polar surface area (TPSA) is 98.3 Å². The number of imidazole rings is 1. The Hall–Kier alpha value is -5.01. The molecule has 0 saturated heterocycles. The van der Waals surface area contributed by atoms with Crippen molar-refractivity contribution in [1.29, 1.82) is 0 Å². The molecule has 3 N–H and O–H groups in total. The van der Waals surface area contributed by atoms with E-state index in [1.807, 2.05) is 79.7 Å². The van der Waals surface area contributed by atoms with Crippen molar-refractivity contribution in [2.75, 3.05) is 16.8 Å². The predicted octanol–water partition coefficient (Wildman–Crippen LogP) is 6.00. The minimum absolute atomic E-state index is 0.0826. The standard InChI is InChI=1S/C32H26N4O3/c1-20-33-29-26-13-7-8-14-27(26)36(19-28(37)30(29)34-20)32(39)22-15-17-23(18-16-22)35-31(38)25-12-6-5-11-24(25)21-9-3-2-4-10-21/h2-18,28,37H,19H2,1H3,(H,33,34)(H,35,38). The number of para-hydroxylation sites is 1. The third-order valence-corrected chi connectivity index (χ3v) is 6.88. The molecule has 39 heavy (non-hydrogen) atoms. The van der Waals surface area contributed by atoms with Crippen LogP contribution < -0.4 is 10.2 Å². The SMILES string of the molecule is Cc1nc2c([nH]1)C(O)CN(C(=O)c1ccc(NC(=O)c3ccccc3-c3ccccc3)cc1)c1ccccc1-2. The molecule has 7 nitrogen and oxygen atoms in total. The number of hydrogen-bond donors (Lipinski definition) is 3. The number of carbonyl (C=O) groups is 2. The number of aryl methyl sites for hydroxylation is 1. The Bertz CT molecular complexity index is 1680. The number of aliphatic hydroxyl groups excluding tert-OH is 1. The van der Waals surface area contributed by atoms with E-state index in [-0.39, 0.29) is 18.4 Å². The van der Waals surface area contributed by atoms with Crippen molar-refractivity contribution in [3.05, 3.63) is 126 Å². The highest BCUT2D eigenvalue weighted by molar-refractivity contribution is 6.10. The smallest absolute Gasteiger partial charge is 0.258 e. The van der Waals surface area contributed by atoms with Gasteiger partial charge in [-0.2, -0.15) is 0 Å². The Morgan fingerprint density at radius 3 is 2.31 bits per heavy atom. The van der Waals surface area contributed by atoms with Gasteiger partial charge in [0.2, 0.25) is 0 Å². The number of β-amino-alcohol motifs (C(OH)–C–C–N with tert-alkyl or cyclic N) is 1. The summed E-state index contributed by atoms with van der Waals surface area (Å²) < 4.78 is 0. The second-order valence-electron chi connectivity index (χ2n) is 9.48. The first-order valence-electron chi connectivity index (χ1n) is 12.7. The lowest BCUT2D eigenvalue weighted by Gasteiger charge is -2.24. The van der Waals surface area contributed by atoms with Crippen LogP contribution in [-0.2, 0) is 0 Å². The molecule has 0 fully saturated rings. The van der Waals surface area contributed by atoms with Crippen LogP contribution in [0.15, 0.2) is 103 Å². The zero-order valence-corrected chi connectivity index (χ0v) is 21.3. The number of carbonyl (C=O) groups excluding carboxylic acids is 2. The molecule has 2 heterocycles. The Kier molecular flexibility index (Phi) is 6.26. The van der Waals surface area contributed by atoms with Gasteiger partial charge in [0, 0.05) is 22.4 Å². The summed E-state index contributed by atoms with van der Waals surface area (Å²) in [5.74, 6) is 0.218. The number of rotatable bonds is 4. The monoisotopic (exact) mass is 514 g/mol. The van der Waals surface area contributed by atoms with Crippen molar-refractivity contribution in [1.82, 2.24) is 9.97 Å². The number of aliphatic hydroxyl groups is 1. The van der Waals surface area contributed by atoms with Gasteiger partial charge in [-0.3, -0.25) is 9.59 Å². The van der Waals surface area contributed by atoms with Crippen molar-refractivity contribution < 1.29 is 14.7 Å². The van der Waals surface area contributed by atoms with Gasteiger partial charge in [0.25, 0.3) is 11.8 Å². The summed E-state index contributed by atoms with van der Waals surface area (Å²) >= 11 is 0. The van der Waals surface area contributed by atoms with Crippen LogP contribution in [0.4, 0.5) is 11.4 Å².